The maximum absolute atomic E-state index is 2.46. The topological polar surface area (TPSA) is 3.24 Å². The van der Waals surface area contributed by atoms with Crippen molar-refractivity contribution in [3.8, 4) is 0 Å². The summed E-state index contributed by atoms with van der Waals surface area (Å²) in [4.78, 5) is 2.39. The monoisotopic (exact) mass is 183 g/mol. The van der Waals surface area contributed by atoms with Gasteiger partial charge in [-0.2, -0.15) is 0 Å². The Morgan fingerprint density at radius 1 is 1.38 bits per heavy atom. The first kappa shape index (κ1) is 11.0. The predicted octanol–water partition coefficient (Wildman–Crippen LogP) is 3.01. The lowest BCUT2D eigenvalue weighted by Gasteiger charge is -2.34. The molecule has 0 aromatic rings. The quantitative estimate of drug-likeness (QED) is 0.647. The van der Waals surface area contributed by atoms with Crippen molar-refractivity contribution >= 4 is 0 Å². The van der Waals surface area contributed by atoms with Crippen molar-refractivity contribution < 1.29 is 0 Å². The van der Waals surface area contributed by atoms with Gasteiger partial charge in [0.15, 0.2) is 0 Å². The molecule has 0 saturated heterocycles. The van der Waals surface area contributed by atoms with Gasteiger partial charge < -0.3 is 4.90 Å². The van der Waals surface area contributed by atoms with E-state index in [0.717, 1.165) is 17.9 Å². The first-order valence-electron chi connectivity index (χ1n) is 5.60. The number of rotatable bonds is 4. The summed E-state index contributed by atoms with van der Waals surface area (Å²) in [7, 11) is 4.42. The van der Waals surface area contributed by atoms with Crippen LogP contribution < -0.4 is 0 Å². The summed E-state index contributed by atoms with van der Waals surface area (Å²) in [5.74, 6) is 1.75. The molecule has 1 aliphatic carbocycles. The standard InChI is InChI=1S/C12H25N/c1-7-12(4,9(2)3)10-8-11(10)13(5)6/h9-11H,7-8H2,1-6H3. The molecule has 0 bridgehead atoms. The molecule has 0 aromatic heterocycles. The van der Waals surface area contributed by atoms with E-state index in [4.69, 9.17) is 0 Å². The molecule has 0 heterocycles. The lowest BCUT2D eigenvalue weighted by molar-refractivity contribution is 0.150. The van der Waals surface area contributed by atoms with E-state index in [9.17, 15) is 0 Å². The van der Waals surface area contributed by atoms with E-state index in [1.165, 1.54) is 12.8 Å². The molecule has 1 nitrogen and oxygen atoms in total. The van der Waals surface area contributed by atoms with Crippen molar-refractivity contribution in [1.29, 1.82) is 0 Å². The van der Waals surface area contributed by atoms with E-state index < -0.39 is 0 Å². The normalized spacial score (nSPS) is 32.3. The van der Waals surface area contributed by atoms with Crippen molar-refractivity contribution in [2.75, 3.05) is 14.1 Å². The molecule has 0 amide bonds. The molecule has 1 aliphatic rings. The first-order valence-corrected chi connectivity index (χ1v) is 5.60. The van der Waals surface area contributed by atoms with E-state index in [2.05, 4.69) is 46.7 Å². The summed E-state index contributed by atoms with van der Waals surface area (Å²) >= 11 is 0. The summed E-state index contributed by atoms with van der Waals surface area (Å²) in [5.41, 5.74) is 0.564. The Morgan fingerprint density at radius 3 is 2.15 bits per heavy atom. The van der Waals surface area contributed by atoms with E-state index in [-0.39, 0.29) is 0 Å². The highest BCUT2D eigenvalue weighted by atomic mass is 15.1. The van der Waals surface area contributed by atoms with Crippen molar-refractivity contribution in [1.82, 2.24) is 4.90 Å². The fourth-order valence-electron chi connectivity index (χ4n) is 2.56. The summed E-state index contributed by atoms with van der Waals surface area (Å²) in [6, 6.07) is 0.854. The maximum atomic E-state index is 2.46. The van der Waals surface area contributed by atoms with Crippen LogP contribution in [0.3, 0.4) is 0 Å². The first-order chi connectivity index (χ1) is 5.93. The maximum Gasteiger partial charge on any atom is 0.0127 e. The number of nitrogens with zero attached hydrogens (tertiary/aromatic N) is 1. The highest BCUT2D eigenvalue weighted by Gasteiger charge is 2.51. The SMILES string of the molecule is CCC(C)(C(C)C)C1CC1N(C)C. The zero-order chi connectivity index (χ0) is 10.2. The van der Waals surface area contributed by atoms with Crippen molar-refractivity contribution in [3.63, 3.8) is 0 Å². The molecule has 1 saturated carbocycles. The molecule has 0 N–H and O–H groups in total. The molecule has 1 heteroatoms. The van der Waals surface area contributed by atoms with Crippen LogP contribution in [0.2, 0.25) is 0 Å². The summed E-state index contributed by atoms with van der Waals surface area (Å²) < 4.78 is 0. The van der Waals surface area contributed by atoms with Crippen LogP contribution in [-0.2, 0) is 0 Å². The van der Waals surface area contributed by atoms with Crippen LogP contribution in [0.4, 0.5) is 0 Å². The van der Waals surface area contributed by atoms with Gasteiger partial charge in [0, 0.05) is 6.04 Å². The zero-order valence-electron chi connectivity index (χ0n) is 10.1. The third kappa shape index (κ3) is 1.90. The molecule has 0 spiro atoms. The molecule has 3 atom stereocenters. The van der Waals surface area contributed by atoms with Crippen LogP contribution >= 0.6 is 0 Å². The largest absolute Gasteiger partial charge is 0.306 e. The number of hydrogen-bond donors (Lipinski definition) is 0. The second kappa shape index (κ2) is 3.61. The Kier molecular flexibility index (Phi) is 3.06. The van der Waals surface area contributed by atoms with Crippen molar-refractivity contribution in [3.05, 3.63) is 0 Å². The second-order valence-electron chi connectivity index (χ2n) is 5.39. The summed E-state index contributed by atoms with van der Waals surface area (Å²) in [6.45, 7) is 9.54. The van der Waals surface area contributed by atoms with E-state index in [0.29, 0.717) is 5.41 Å². The fraction of sp³-hybridized carbons (Fsp3) is 1.00. The zero-order valence-corrected chi connectivity index (χ0v) is 10.1. The summed E-state index contributed by atoms with van der Waals surface area (Å²) in [5, 5.41) is 0. The van der Waals surface area contributed by atoms with Crippen LogP contribution in [0.5, 0.6) is 0 Å². The van der Waals surface area contributed by atoms with Crippen LogP contribution in [-0.4, -0.2) is 25.0 Å². The van der Waals surface area contributed by atoms with Gasteiger partial charge in [-0.1, -0.05) is 34.1 Å². The van der Waals surface area contributed by atoms with Crippen LogP contribution in [0.1, 0.15) is 40.5 Å². The lowest BCUT2D eigenvalue weighted by atomic mass is 9.72. The van der Waals surface area contributed by atoms with Gasteiger partial charge in [0.1, 0.15) is 0 Å². The van der Waals surface area contributed by atoms with Crippen molar-refractivity contribution in [2.45, 2.75) is 46.6 Å². The van der Waals surface area contributed by atoms with Gasteiger partial charge in [-0.05, 0) is 37.8 Å². The van der Waals surface area contributed by atoms with E-state index >= 15 is 0 Å². The van der Waals surface area contributed by atoms with Crippen molar-refractivity contribution in [2.24, 2.45) is 17.3 Å². The molecule has 0 aromatic carbocycles. The molecular weight excluding hydrogens is 158 g/mol. The molecule has 78 valence electrons. The Morgan fingerprint density at radius 2 is 1.92 bits per heavy atom. The van der Waals surface area contributed by atoms with Crippen LogP contribution in [0, 0.1) is 17.3 Å². The van der Waals surface area contributed by atoms with Crippen LogP contribution in [0.15, 0.2) is 0 Å². The Balaban J connectivity index is 2.61. The predicted molar refractivity (Wildman–Crippen MR) is 58.8 cm³/mol. The molecular formula is C12H25N. The molecule has 1 fully saturated rings. The smallest absolute Gasteiger partial charge is 0.0127 e. The molecule has 0 aliphatic heterocycles. The minimum atomic E-state index is 0.564. The minimum absolute atomic E-state index is 0.564. The third-order valence-corrected chi connectivity index (χ3v) is 4.35. The lowest BCUT2D eigenvalue weighted by Crippen LogP contribution is -2.30. The molecule has 1 rings (SSSR count). The van der Waals surface area contributed by atoms with Gasteiger partial charge in [0.05, 0.1) is 0 Å². The average molecular weight is 183 g/mol. The summed E-state index contributed by atoms with van der Waals surface area (Å²) in [6.07, 6.45) is 2.73. The van der Waals surface area contributed by atoms with Gasteiger partial charge in [0.2, 0.25) is 0 Å². The third-order valence-electron chi connectivity index (χ3n) is 4.35. The number of hydrogen-bond acceptors (Lipinski definition) is 1. The van der Waals surface area contributed by atoms with Gasteiger partial charge in [-0.15, -0.1) is 0 Å². The molecule has 3 unspecified atom stereocenters. The van der Waals surface area contributed by atoms with Gasteiger partial charge in [0.25, 0.3) is 0 Å². The van der Waals surface area contributed by atoms with Gasteiger partial charge in [-0.25, -0.2) is 0 Å². The van der Waals surface area contributed by atoms with Crippen LogP contribution in [0.25, 0.3) is 0 Å². The minimum Gasteiger partial charge on any atom is -0.306 e. The highest BCUT2D eigenvalue weighted by molar-refractivity contribution is 5.03. The Labute approximate surface area is 83.5 Å². The van der Waals surface area contributed by atoms with Gasteiger partial charge >= 0.3 is 0 Å². The van der Waals surface area contributed by atoms with E-state index in [1.807, 2.05) is 0 Å². The molecule has 0 radical (unpaired) electrons. The molecule has 13 heavy (non-hydrogen) atoms. The average Bonchev–Trinajstić information content (AvgIpc) is 2.81. The van der Waals surface area contributed by atoms with E-state index in [1.54, 1.807) is 0 Å². The Bertz CT molecular complexity index is 174. The van der Waals surface area contributed by atoms with Gasteiger partial charge in [-0.3, -0.25) is 0 Å². The Hall–Kier alpha value is -0.0400. The second-order valence-corrected chi connectivity index (χ2v) is 5.39. The fourth-order valence-corrected chi connectivity index (χ4v) is 2.56. The highest BCUT2D eigenvalue weighted by Crippen LogP contribution is 2.53.